The molecule has 4 saturated carbocycles. The van der Waals surface area contributed by atoms with Gasteiger partial charge in [0, 0.05) is 44.7 Å². The number of hydrogen-bond donors (Lipinski definition) is 0. The smallest absolute Gasteiger partial charge is 0.269 e. The number of amides is 1. The number of nitro benzene ring substituents is 1. The summed E-state index contributed by atoms with van der Waals surface area (Å²) in [5.74, 6) is 2.60. The van der Waals surface area contributed by atoms with Crippen molar-refractivity contribution >= 4 is 21.6 Å². The Morgan fingerprint density at radius 2 is 1.48 bits per heavy atom. The zero-order valence-corrected chi connectivity index (χ0v) is 18.4. The Kier molecular flexibility index (Phi) is 5.08. The van der Waals surface area contributed by atoms with Crippen LogP contribution in [0.1, 0.15) is 44.9 Å². The van der Waals surface area contributed by atoms with E-state index in [1.807, 2.05) is 4.90 Å². The van der Waals surface area contributed by atoms with E-state index < -0.39 is 14.9 Å². The summed E-state index contributed by atoms with van der Waals surface area (Å²) < 4.78 is 27.2. The van der Waals surface area contributed by atoms with Gasteiger partial charge in [0.15, 0.2) is 0 Å². The summed E-state index contributed by atoms with van der Waals surface area (Å²) in [6, 6.07) is 4.96. The fourth-order valence-electron chi connectivity index (χ4n) is 7.01. The highest BCUT2D eigenvalue weighted by molar-refractivity contribution is 7.89. The van der Waals surface area contributed by atoms with E-state index in [2.05, 4.69) is 0 Å². The molecule has 0 spiro atoms. The van der Waals surface area contributed by atoms with E-state index in [9.17, 15) is 23.3 Å². The van der Waals surface area contributed by atoms with Crippen molar-refractivity contribution in [1.82, 2.24) is 9.21 Å². The van der Waals surface area contributed by atoms with Gasteiger partial charge in [0.25, 0.3) is 5.69 Å². The van der Waals surface area contributed by atoms with Gasteiger partial charge in [-0.15, -0.1) is 0 Å². The molecule has 5 fully saturated rings. The topological polar surface area (TPSA) is 101 Å². The Labute approximate surface area is 182 Å². The van der Waals surface area contributed by atoms with Gasteiger partial charge in [-0.05, 0) is 73.8 Å². The van der Waals surface area contributed by atoms with Gasteiger partial charge in [-0.2, -0.15) is 4.31 Å². The lowest BCUT2D eigenvalue weighted by Crippen LogP contribution is -2.53. The molecule has 0 atom stereocenters. The van der Waals surface area contributed by atoms with Crippen LogP contribution in [0, 0.1) is 33.3 Å². The Morgan fingerprint density at radius 1 is 0.968 bits per heavy atom. The maximum Gasteiger partial charge on any atom is 0.269 e. The molecule has 4 aliphatic carbocycles. The van der Waals surface area contributed by atoms with Crippen LogP contribution in [0.5, 0.6) is 0 Å². The second-order valence-corrected chi connectivity index (χ2v) is 12.1. The van der Waals surface area contributed by atoms with E-state index in [0.717, 1.165) is 17.8 Å². The molecule has 8 nitrogen and oxygen atoms in total. The first-order valence-electron chi connectivity index (χ1n) is 11.3. The molecule has 1 saturated heterocycles. The van der Waals surface area contributed by atoms with Crippen LogP contribution < -0.4 is 0 Å². The summed E-state index contributed by atoms with van der Waals surface area (Å²) >= 11 is 0. The summed E-state index contributed by atoms with van der Waals surface area (Å²) in [6.45, 7) is 1.31. The van der Waals surface area contributed by atoms with Crippen LogP contribution in [0.15, 0.2) is 29.2 Å². The van der Waals surface area contributed by atoms with E-state index >= 15 is 0 Å². The number of sulfonamides is 1. The van der Waals surface area contributed by atoms with Crippen molar-refractivity contribution in [3.63, 3.8) is 0 Å². The lowest BCUT2D eigenvalue weighted by molar-refractivity contribution is -0.384. The largest absolute Gasteiger partial charge is 0.340 e. The zero-order chi connectivity index (χ0) is 21.8. The van der Waals surface area contributed by atoms with Crippen molar-refractivity contribution in [1.29, 1.82) is 0 Å². The van der Waals surface area contributed by atoms with Crippen LogP contribution in [0.25, 0.3) is 0 Å². The molecule has 0 unspecified atom stereocenters. The maximum absolute atomic E-state index is 13.1. The Bertz CT molecular complexity index is 948. The second-order valence-electron chi connectivity index (χ2n) is 10.1. The number of piperazine rings is 1. The van der Waals surface area contributed by atoms with Crippen LogP contribution in [-0.4, -0.2) is 54.6 Å². The van der Waals surface area contributed by atoms with Crippen molar-refractivity contribution in [2.45, 2.75) is 49.8 Å². The van der Waals surface area contributed by atoms with E-state index in [-0.39, 0.29) is 35.0 Å². The monoisotopic (exact) mass is 447 g/mol. The van der Waals surface area contributed by atoms with E-state index in [1.165, 1.54) is 67.1 Å². The van der Waals surface area contributed by atoms with Crippen molar-refractivity contribution in [2.75, 3.05) is 26.2 Å². The molecule has 1 aliphatic heterocycles. The summed E-state index contributed by atoms with van der Waals surface area (Å²) in [5, 5.41) is 10.8. The minimum absolute atomic E-state index is 0.0476. The molecule has 6 rings (SSSR count). The van der Waals surface area contributed by atoms with E-state index in [0.29, 0.717) is 19.5 Å². The van der Waals surface area contributed by atoms with Crippen molar-refractivity contribution in [2.24, 2.45) is 23.2 Å². The van der Waals surface area contributed by atoms with Crippen LogP contribution >= 0.6 is 0 Å². The quantitative estimate of drug-likeness (QED) is 0.510. The number of carbonyl (C=O) groups excluding carboxylic acids is 1. The van der Waals surface area contributed by atoms with Crippen LogP contribution in [0.4, 0.5) is 5.69 Å². The number of nitrogens with zero attached hydrogens (tertiary/aromatic N) is 3. The van der Waals surface area contributed by atoms with E-state index in [1.54, 1.807) is 0 Å². The molecule has 9 heteroatoms. The minimum atomic E-state index is -3.72. The summed E-state index contributed by atoms with van der Waals surface area (Å²) in [7, 11) is -3.72. The van der Waals surface area contributed by atoms with Crippen LogP contribution in [0.2, 0.25) is 0 Å². The molecule has 1 aromatic rings. The third kappa shape index (κ3) is 3.86. The Morgan fingerprint density at radius 3 is 1.97 bits per heavy atom. The van der Waals surface area contributed by atoms with Crippen molar-refractivity contribution in [3.8, 4) is 0 Å². The first-order valence-corrected chi connectivity index (χ1v) is 12.7. The van der Waals surface area contributed by atoms with Gasteiger partial charge in [0.1, 0.15) is 0 Å². The SMILES string of the molecule is O=C(CC12CC3CC(CC(C3)C1)C2)N1CCN(S(=O)(=O)c2ccc([N+](=O)[O-])cc2)CC1. The molecule has 1 amide bonds. The molecule has 5 aliphatic rings. The predicted octanol–water partition coefficient (Wildman–Crippen LogP) is 3.03. The standard InChI is InChI=1S/C22H29N3O5S/c26-21(15-22-12-16-9-17(13-22)11-18(10-16)14-22)23-5-7-24(8-6-23)31(29,30)20-3-1-19(2-4-20)25(27)28/h1-4,16-18H,5-15H2. The Balaban J connectivity index is 1.20. The Hall–Kier alpha value is -2.00. The highest BCUT2D eigenvalue weighted by Gasteiger charge is 2.51. The average molecular weight is 448 g/mol. The van der Waals surface area contributed by atoms with Gasteiger partial charge < -0.3 is 4.90 Å². The second kappa shape index (κ2) is 7.55. The lowest BCUT2D eigenvalue weighted by atomic mass is 9.49. The molecular formula is C22H29N3O5S. The third-order valence-electron chi connectivity index (χ3n) is 7.97. The normalized spacial score (nSPS) is 32.9. The molecule has 0 radical (unpaired) electrons. The van der Waals surface area contributed by atoms with Crippen molar-refractivity contribution < 1.29 is 18.1 Å². The fourth-order valence-corrected chi connectivity index (χ4v) is 8.43. The molecule has 1 aromatic carbocycles. The molecule has 0 N–H and O–H groups in total. The van der Waals surface area contributed by atoms with Crippen LogP contribution in [0.3, 0.4) is 0 Å². The number of hydrogen-bond acceptors (Lipinski definition) is 5. The highest BCUT2D eigenvalue weighted by Crippen LogP contribution is 2.61. The predicted molar refractivity (Wildman–Crippen MR) is 114 cm³/mol. The first kappa shape index (κ1) is 20.9. The summed E-state index contributed by atoms with van der Waals surface area (Å²) in [4.78, 5) is 25.2. The summed E-state index contributed by atoms with van der Waals surface area (Å²) in [5.41, 5.74) is 0.0485. The first-order chi connectivity index (χ1) is 14.7. The van der Waals surface area contributed by atoms with Gasteiger partial charge in [0.05, 0.1) is 9.82 Å². The van der Waals surface area contributed by atoms with Gasteiger partial charge in [-0.1, -0.05) is 0 Å². The number of non-ortho nitro benzene ring substituents is 1. The van der Waals surface area contributed by atoms with Crippen LogP contribution in [-0.2, 0) is 14.8 Å². The number of carbonyl (C=O) groups is 1. The highest BCUT2D eigenvalue weighted by atomic mass is 32.2. The molecule has 4 bridgehead atoms. The lowest BCUT2D eigenvalue weighted by Gasteiger charge is -2.57. The number of nitro groups is 1. The van der Waals surface area contributed by atoms with Gasteiger partial charge in [-0.25, -0.2) is 8.42 Å². The van der Waals surface area contributed by atoms with Gasteiger partial charge in [0.2, 0.25) is 15.9 Å². The van der Waals surface area contributed by atoms with Gasteiger partial charge in [-0.3, -0.25) is 14.9 Å². The van der Waals surface area contributed by atoms with E-state index in [4.69, 9.17) is 0 Å². The maximum atomic E-state index is 13.1. The zero-order valence-electron chi connectivity index (χ0n) is 17.6. The fraction of sp³-hybridized carbons (Fsp3) is 0.682. The van der Waals surface area contributed by atoms with Crippen molar-refractivity contribution in [3.05, 3.63) is 34.4 Å². The number of rotatable bonds is 5. The molecular weight excluding hydrogens is 418 g/mol. The molecule has 1 heterocycles. The number of benzene rings is 1. The average Bonchev–Trinajstić information content (AvgIpc) is 2.72. The third-order valence-corrected chi connectivity index (χ3v) is 9.88. The summed E-state index contributed by atoms with van der Waals surface area (Å²) in [6.07, 6.45) is 8.26. The molecule has 0 aromatic heterocycles. The molecule has 168 valence electrons. The molecule has 31 heavy (non-hydrogen) atoms. The van der Waals surface area contributed by atoms with Gasteiger partial charge >= 0.3 is 0 Å². The minimum Gasteiger partial charge on any atom is -0.340 e.